The third kappa shape index (κ3) is 3.10. The predicted molar refractivity (Wildman–Crippen MR) is 75.2 cm³/mol. The minimum atomic E-state index is -4.29. The van der Waals surface area contributed by atoms with Gasteiger partial charge in [0.1, 0.15) is 5.82 Å². The molecule has 0 saturated heterocycles. The number of halogens is 5. The summed E-state index contributed by atoms with van der Waals surface area (Å²) in [5.41, 5.74) is 0.879. The quantitative estimate of drug-likeness (QED) is 0.427. The summed E-state index contributed by atoms with van der Waals surface area (Å²) in [6, 6.07) is 1.84. The average Bonchev–Trinajstić information content (AvgIpc) is 2.52. The molecule has 0 radical (unpaired) electrons. The van der Waals surface area contributed by atoms with E-state index in [1.165, 1.54) is 23.6 Å². The number of aromatic amines is 1. The van der Waals surface area contributed by atoms with E-state index in [-0.39, 0.29) is 4.77 Å². The van der Waals surface area contributed by atoms with Crippen molar-refractivity contribution in [2.45, 2.75) is 25.6 Å². The normalized spacial score (nSPS) is 14.0. The van der Waals surface area contributed by atoms with E-state index in [0.29, 0.717) is 14.6 Å². The first kappa shape index (κ1) is 14.8. The number of alkyl halides is 3. The summed E-state index contributed by atoms with van der Waals surface area (Å²) in [6.45, 7) is 1.41. The fourth-order valence-corrected chi connectivity index (χ4v) is 2.84. The molecule has 1 aromatic carbocycles. The van der Waals surface area contributed by atoms with Gasteiger partial charge in [0.05, 0.1) is 21.0 Å². The van der Waals surface area contributed by atoms with Crippen LogP contribution in [0, 0.1) is 14.2 Å². The van der Waals surface area contributed by atoms with Crippen molar-refractivity contribution < 1.29 is 17.6 Å². The lowest BCUT2D eigenvalue weighted by molar-refractivity contribution is -0.141. The van der Waals surface area contributed by atoms with Crippen LogP contribution in [0.2, 0.25) is 0 Å². The van der Waals surface area contributed by atoms with Crippen molar-refractivity contribution >= 4 is 45.8 Å². The van der Waals surface area contributed by atoms with Crippen molar-refractivity contribution in [1.82, 2.24) is 9.55 Å². The molecule has 0 aliphatic rings. The number of fused-ring (bicyclic) bond motifs is 1. The molecule has 1 aromatic heterocycles. The number of hydrogen-bond acceptors (Lipinski definition) is 1. The molecule has 0 aliphatic heterocycles. The molecule has 2 nitrogen and oxygen atoms in total. The predicted octanol–water partition coefficient (Wildman–Crippen LogP) is 4.96. The van der Waals surface area contributed by atoms with Gasteiger partial charge < -0.3 is 9.55 Å². The maximum atomic E-state index is 13.5. The van der Waals surface area contributed by atoms with E-state index in [4.69, 9.17) is 12.2 Å². The van der Waals surface area contributed by atoms with Crippen LogP contribution in [-0.4, -0.2) is 15.7 Å². The average molecular weight is 404 g/mol. The van der Waals surface area contributed by atoms with Crippen molar-refractivity contribution in [2.75, 3.05) is 0 Å². The van der Waals surface area contributed by atoms with E-state index in [9.17, 15) is 17.6 Å². The van der Waals surface area contributed by atoms with Crippen molar-refractivity contribution in [3.63, 3.8) is 0 Å². The monoisotopic (exact) mass is 404 g/mol. The van der Waals surface area contributed by atoms with Gasteiger partial charge in [0.2, 0.25) is 0 Å². The first-order valence-corrected chi connectivity index (χ1v) is 6.84. The molecule has 8 heteroatoms. The van der Waals surface area contributed by atoms with Crippen molar-refractivity contribution in [3.05, 3.63) is 26.3 Å². The zero-order chi connectivity index (χ0) is 14.4. The summed E-state index contributed by atoms with van der Waals surface area (Å²) in [6.07, 6.45) is -5.30. The fourth-order valence-electron chi connectivity index (χ4n) is 1.98. The van der Waals surface area contributed by atoms with E-state index in [1.807, 2.05) is 22.6 Å². The number of hydrogen-bond donors (Lipinski definition) is 1. The van der Waals surface area contributed by atoms with Gasteiger partial charge in [0, 0.05) is 12.1 Å². The SMILES string of the molecule is CC(CC(F)(F)F)n1c(=S)[nH]c2cc(I)c(F)cc21. The molecule has 0 saturated carbocycles. The number of nitrogens with zero attached hydrogens (tertiary/aromatic N) is 1. The third-order valence-corrected chi connectivity index (χ3v) is 3.85. The number of imidazole rings is 1. The Bertz CT molecular complexity index is 674. The second kappa shape index (κ2) is 5.04. The molecule has 2 aromatic rings. The largest absolute Gasteiger partial charge is 0.391 e. The Balaban J connectivity index is 2.57. The number of aromatic nitrogens is 2. The van der Waals surface area contributed by atoms with Crippen LogP contribution < -0.4 is 0 Å². The summed E-state index contributed by atoms with van der Waals surface area (Å²) in [5, 5.41) is 0. The Labute approximate surface area is 124 Å². The first-order chi connectivity index (χ1) is 8.69. The molecule has 0 bridgehead atoms. The maximum Gasteiger partial charge on any atom is 0.391 e. The summed E-state index contributed by atoms with van der Waals surface area (Å²) in [4.78, 5) is 2.80. The molecule has 104 valence electrons. The molecule has 2 rings (SSSR count). The topological polar surface area (TPSA) is 20.7 Å². The van der Waals surface area contributed by atoms with E-state index < -0.39 is 24.5 Å². The number of rotatable bonds is 2. The Morgan fingerprint density at radius 1 is 1.42 bits per heavy atom. The highest BCUT2D eigenvalue weighted by atomic mass is 127. The third-order valence-electron chi connectivity index (χ3n) is 2.73. The lowest BCUT2D eigenvalue weighted by atomic mass is 10.2. The van der Waals surface area contributed by atoms with Gasteiger partial charge in [-0.3, -0.25) is 0 Å². The molecule has 19 heavy (non-hydrogen) atoms. The Morgan fingerprint density at radius 2 is 2.05 bits per heavy atom. The standard InChI is InChI=1S/C11H9F4IN2S/c1-5(4-11(13,14)15)18-9-2-6(12)7(16)3-8(9)17-10(18)19/h2-3,5H,4H2,1H3,(H,17,19). The van der Waals surface area contributed by atoms with E-state index in [1.54, 1.807) is 0 Å². The van der Waals surface area contributed by atoms with E-state index >= 15 is 0 Å². The van der Waals surface area contributed by atoms with Gasteiger partial charge in [-0.25, -0.2) is 4.39 Å². The molecule has 0 fully saturated rings. The van der Waals surface area contributed by atoms with Crippen LogP contribution in [0.3, 0.4) is 0 Å². The van der Waals surface area contributed by atoms with Crippen LogP contribution in [-0.2, 0) is 0 Å². The number of H-pyrrole nitrogens is 1. The molecule has 0 spiro atoms. The van der Waals surface area contributed by atoms with Gasteiger partial charge in [-0.15, -0.1) is 0 Å². The summed E-state index contributed by atoms with van der Waals surface area (Å²) in [5.74, 6) is -0.477. The fraction of sp³-hybridized carbons (Fsp3) is 0.364. The Morgan fingerprint density at radius 3 is 2.63 bits per heavy atom. The van der Waals surface area contributed by atoms with Gasteiger partial charge >= 0.3 is 6.18 Å². The van der Waals surface area contributed by atoms with Crippen LogP contribution in [0.5, 0.6) is 0 Å². The van der Waals surface area contributed by atoms with Crippen LogP contribution in [0.25, 0.3) is 11.0 Å². The molecule has 0 amide bonds. The van der Waals surface area contributed by atoms with Crippen LogP contribution in [0.1, 0.15) is 19.4 Å². The molecule has 1 heterocycles. The highest BCUT2D eigenvalue weighted by molar-refractivity contribution is 14.1. The van der Waals surface area contributed by atoms with Gasteiger partial charge in [0.25, 0.3) is 0 Å². The smallest absolute Gasteiger partial charge is 0.331 e. The van der Waals surface area contributed by atoms with Gasteiger partial charge in [0.15, 0.2) is 4.77 Å². The zero-order valence-electron chi connectivity index (χ0n) is 9.68. The van der Waals surface area contributed by atoms with Gasteiger partial charge in [-0.05, 0) is 47.8 Å². The number of nitrogens with one attached hydrogen (secondary N) is 1. The Hall–Kier alpha value is -0.640. The van der Waals surface area contributed by atoms with Crippen LogP contribution in [0.15, 0.2) is 12.1 Å². The number of benzene rings is 1. The van der Waals surface area contributed by atoms with Crippen LogP contribution in [0.4, 0.5) is 17.6 Å². The summed E-state index contributed by atoms with van der Waals surface area (Å²) in [7, 11) is 0. The van der Waals surface area contributed by atoms with E-state index in [2.05, 4.69) is 4.98 Å². The molecule has 1 atom stereocenters. The highest BCUT2D eigenvalue weighted by Crippen LogP contribution is 2.31. The van der Waals surface area contributed by atoms with E-state index in [0.717, 1.165) is 0 Å². The molecular weight excluding hydrogens is 395 g/mol. The second-order valence-corrected chi connectivity index (χ2v) is 5.80. The summed E-state index contributed by atoms with van der Waals surface area (Å²) < 4.78 is 52.7. The highest BCUT2D eigenvalue weighted by Gasteiger charge is 2.31. The lowest BCUT2D eigenvalue weighted by Crippen LogP contribution is -2.16. The van der Waals surface area contributed by atoms with Gasteiger partial charge in [-0.1, -0.05) is 0 Å². The molecule has 1 unspecified atom stereocenters. The minimum absolute atomic E-state index is 0.160. The zero-order valence-corrected chi connectivity index (χ0v) is 12.7. The second-order valence-electron chi connectivity index (χ2n) is 4.25. The van der Waals surface area contributed by atoms with Crippen molar-refractivity contribution in [1.29, 1.82) is 0 Å². The summed E-state index contributed by atoms with van der Waals surface area (Å²) >= 11 is 6.83. The maximum absolute atomic E-state index is 13.5. The van der Waals surface area contributed by atoms with Crippen LogP contribution >= 0.6 is 34.8 Å². The van der Waals surface area contributed by atoms with Crippen molar-refractivity contribution in [3.8, 4) is 0 Å². The minimum Gasteiger partial charge on any atom is -0.331 e. The Kier molecular flexibility index (Phi) is 3.92. The molecule has 1 N–H and O–H groups in total. The van der Waals surface area contributed by atoms with Gasteiger partial charge in [-0.2, -0.15) is 13.2 Å². The lowest BCUT2D eigenvalue weighted by Gasteiger charge is -2.16. The molecule has 0 aliphatic carbocycles. The van der Waals surface area contributed by atoms with Crippen molar-refractivity contribution in [2.24, 2.45) is 0 Å². The first-order valence-electron chi connectivity index (χ1n) is 5.35. The molecular formula is C11H9F4IN2S.